The minimum absolute atomic E-state index is 0.104. The van der Waals surface area contributed by atoms with E-state index < -0.39 is 0 Å². The van der Waals surface area contributed by atoms with Crippen LogP contribution in [-0.4, -0.2) is 24.5 Å². The maximum Gasteiger partial charge on any atom is 0.0481 e. The lowest BCUT2D eigenvalue weighted by Gasteiger charge is -2.44. The quantitative estimate of drug-likeness (QED) is 0.829. The lowest BCUT2D eigenvalue weighted by molar-refractivity contribution is 0.0969. The highest BCUT2D eigenvalue weighted by Gasteiger charge is 2.39. The monoisotopic (exact) mass is 288 g/mol. The lowest BCUT2D eigenvalue weighted by Crippen LogP contribution is -2.52. The van der Waals surface area contributed by atoms with Gasteiger partial charge in [0.25, 0.3) is 0 Å². The molecule has 0 saturated heterocycles. The Kier molecular flexibility index (Phi) is 5.45. The minimum Gasteiger partial charge on any atom is -0.322 e. The molecule has 0 heterocycles. The van der Waals surface area contributed by atoms with Gasteiger partial charge in [-0.2, -0.15) is 0 Å². The minimum atomic E-state index is 0.104. The highest BCUT2D eigenvalue weighted by Crippen LogP contribution is 2.39. The van der Waals surface area contributed by atoms with E-state index in [0.29, 0.717) is 5.92 Å². The third-order valence-corrected chi connectivity index (χ3v) is 5.40. The fraction of sp³-hybridized carbons (Fsp3) is 0.684. The molecule has 1 saturated carbocycles. The van der Waals surface area contributed by atoms with Crippen LogP contribution in [-0.2, 0) is 0 Å². The topological polar surface area (TPSA) is 29.3 Å². The fourth-order valence-electron chi connectivity index (χ4n) is 3.78. The zero-order valence-electron chi connectivity index (χ0n) is 14.2. The Morgan fingerprint density at radius 2 is 1.38 bits per heavy atom. The molecule has 0 radical (unpaired) electrons. The van der Waals surface area contributed by atoms with Gasteiger partial charge in [-0.25, -0.2) is 0 Å². The van der Waals surface area contributed by atoms with Gasteiger partial charge in [0, 0.05) is 11.6 Å². The summed E-state index contributed by atoms with van der Waals surface area (Å²) in [6.45, 7) is 4.48. The first-order chi connectivity index (χ1) is 9.97. The Hall–Kier alpha value is -0.860. The molecule has 21 heavy (non-hydrogen) atoms. The Bertz CT molecular complexity index is 425. The average Bonchev–Trinajstić information content (AvgIpc) is 2.73. The predicted molar refractivity (Wildman–Crippen MR) is 91.6 cm³/mol. The van der Waals surface area contributed by atoms with Gasteiger partial charge >= 0.3 is 0 Å². The van der Waals surface area contributed by atoms with Crippen LogP contribution in [0.5, 0.6) is 0 Å². The highest BCUT2D eigenvalue weighted by atomic mass is 15.2. The molecule has 1 aliphatic rings. The molecule has 0 aliphatic heterocycles. The highest BCUT2D eigenvalue weighted by molar-refractivity contribution is 5.29. The van der Waals surface area contributed by atoms with E-state index in [1.807, 2.05) is 0 Å². The maximum absolute atomic E-state index is 6.76. The number of hydrogen-bond acceptors (Lipinski definition) is 2. The summed E-state index contributed by atoms with van der Waals surface area (Å²) in [5.74, 6) is 0.580. The lowest BCUT2D eigenvalue weighted by atomic mass is 9.78. The van der Waals surface area contributed by atoms with Gasteiger partial charge < -0.3 is 10.6 Å². The second kappa shape index (κ2) is 6.93. The van der Waals surface area contributed by atoms with Crippen LogP contribution < -0.4 is 5.73 Å². The summed E-state index contributed by atoms with van der Waals surface area (Å²) in [5.41, 5.74) is 9.56. The van der Waals surface area contributed by atoms with Gasteiger partial charge in [-0.05, 0) is 44.0 Å². The Labute approximate surface area is 130 Å². The molecule has 0 bridgehead atoms. The maximum atomic E-state index is 6.76. The molecule has 1 fully saturated rings. The average molecular weight is 288 g/mol. The Morgan fingerprint density at radius 1 is 0.905 bits per heavy atom. The zero-order valence-corrected chi connectivity index (χ0v) is 14.2. The molecular weight excluding hydrogens is 256 g/mol. The van der Waals surface area contributed by atoms with Gasteiger partial charge in [-0.1, -0.05) is 63.8 Å². The van der Waals surface area contributed by atoms with Crippen molar-refractivity contribution in [2.75, 3.05) is 14.1 Å². The molecule has 2 nitrogen and oxygen atoms in total. The molecule has 118 valence electrons. The summed E-state index contributed by atoms with van der Waals surface area (Å²) >= 11 is 0. The number of rotatable bonds is 4. The van der Waals surface area contributed by atoms with Crippen molar-refractivity contribution in [2.24, 2.45) is 5.73 Å². The zero-order chi connectivity index (χ0) is 15.5. The van der Waals surface area contributed by atoms with Crippen LogP contribution in [0.4, 0.5) is 0 Å². The van der Waals surface area contributed by atoms with E-state index in [1.54, 1.807) is 0 Å². The van der Waals surface area contributed by atoms with Crippen molar-refractivity contribution in [2.45, 2.75) is 69.9 Å². The van der Waals surface area contributed by atoms with Crippen LogP contribution in [0.2, 0.25) is 0 Å². The van der Waals surface area contributed by atoms with Crippen LogP contribution in [0.15, 0.2) is 24.3 Å². The van der Waals surface area contributed by atoms with E-state index in [2.05, 4.69) is 57.1 Å². The van der Waals surface area contributed by atoms with Crippen molar-refractivity contribution >= 4 is 0 Å². The summed E-state index contributed by atoms with van der Waals surface area (Å²) in [6, 6.07) is 9.10. The van der Waals surface area contributed by atoms with Crippen LogP contribution in [0.3, 0.4) is 0 Å². The van der Waals surface area contributed by atoms with Crippen LogP contribution in [0.25, 0.3) is 0 Å². The first kappa shape index (κ1) is 16.5. The summed E-state index contributed by atoms with van der Waals surface area (Å²) in [6.07, 6.45) is 7.75. The smallest absolute Gasteiger partial charge is 0.0481 e. The number of hydrogen-bond donors (Lipinski definition) is 1. The third kappa shape index (κ3) is 3.49. The van der Waals surface area contributed by atoms with Crippen molar-refractivity contribution in [3.05, 3.63) is 35.4 Å². The number of likely N-dealkylation sites (N-methyl/N-ethyl adjacent to an activating group) is 1. The SMILES string of the molecule is CC(C)c1ccc(C(N)C2(N(C)C)CCCCCC2)cc1. The van der Waals surface area contributed by atoms with Crippen LogP contribution in [0.1, 0.15) is 75.5 Å². The second-order valence-electron chi connectivity index (χ2n) is 7.21. The molecule has 1 aliphatic carbocycles. The molecule has 1 aromatic rings. The first-order valence-corrected chi connectivity index (χ1v) is 8.50. The van der Waals surface area contributed by atoms with Gasteiger partial charge in [0.2, 0.25) is 0 Å². The third-order valence-electron chi connectivity index (χ3n) is 5.40. The van der Waals surface area contributed by atoms with Gasteiger partial charge in [-0.3, -0.25) is 0 Å². The van der Waals surface area contributed by atoms with E-state index in [-0.39, 0.29) is 11.6 Å². The van der Waals surface area contributed by atoms with Crippen molar-refractivity contribution in [3.63, 3.8) is 0 Å². The van der Waals surface area contributed by atoms with Crippen molar-refractivity contribution in [3.8, 4) is 0 Å². The van der Waals surface area contributed by atoms with Crippen molar-refractivity contribution < 1.29 is 0 Å². The van der Waals surface area contributed by atoms with E-state index in [4.69, 9.17) is 5.73 Å². The van der Waals surface area contributed by atoms with E-state index in [9.17, 15) is 0 Å². The van der Waals surface area contributed by atoms with Crippen LogP contribution in [0, 0.1) is 0 Å². The molecule has 0 amide bonds. The normalized spacial score (nSPS) is 20.5. The predicted octanol–water partition coefficient (Wildman–Crippen LogP) is 4.46. The molecule has 0 aromatic heterocycles. The molecule has 1 atom stereocenters. The standard InChI is InChI=1S/C19H32N2/c1-15(2)16-9-11-17(12-10-16)18(20)19(21(3)4)13-7-5-6-8-14-19/h9-12,15,18H,5-8,13-14,20H2,1-4H3. The Balaban J connectivity index is 2.27. The van der Waals surface area contributed by atoms with Crippen molar-refractivity contribution in [1.29, 1.82) is 0 Å². The molecule has 1 unspecified atom stereocenters. The molecule has 2 heteroatoms. The molecule has 0 spiro atoms. The summed E-state index contributed by atoms with van der Waals surface area (Å²) < 4.78 is 0. The van der Waals surface area contributed by atoms with Gasteiger partial charge in [0.15, 0.2) is 0 Å². The summed E-state index contributed by atoms with van der Waals surface area (Å²) in [7, 11) is 4.40. The summed E-state index contributed by atoms with van der Waals surface area (Å²) in [5, 5.41) is 0. The van der Waals surface area contributed by atoms with Crippen LogP contribution >= 0.6 is 0 Å². The Morgan fingerprint density at radius 3 is 1.81 bits per heavy atom. The largest absolute Gasteiger partial charge is 0.322 e. The second-order valence-corrected chi connectivity index (χ2v) is 7.21. The van der Waals surface area contributed by atoms with E-state index in [1.165, 1.54) is 49.7 Å². The van der Waals surface area contributed by atoms with Gasteiger partial charge in [0.1, 0.15) is 0 Å². The molecule has 2 rings (SSSR count). The number of nitrogens with two attached hydrogens (primary N) is 1. The van der Waals surface area contributed by atoms with Crippen molar-refractivity contribution in [1.82, 2.24) is 4.90 Å². The molecular formula is C19H32N2. The van der Waals surface area contributed by atoms with E-state index >= 15 is 0 Å². The number of benzene rings is 1. The first-order valence-electron chi connectivity index (χ1n) is 8.50. The fourth-order valence-corrected chi connectivity index (χ4v) is 3.78. The van der Waals surface area contributed by atoms with Gasteiger partial charge in [0.05, 0.1) is 0 Å². The number of nitrogens with zero attached hydrogens (tertiary/aromatic N) is 1. The molecule has 2 N–H and O–H groups in total. The molecule has 1 aromatic carbocycles. The summed E-state index contributed by atoms with van der Waals surface area (Å²) in [4.78, 5) is 2.39. The van der Waals surface area contributed by atoms with E-state index in [0.717, 1.165) is 0 Å². The van der Waals surface area contributed by atoms with Gasteiger partial charge in [-0.15, -0.1) is 0 Å².